The number of ether oxygens (including phenoxy) is 4. The van der Waals surface area contributed by atoms with Crippen molar-refractivity contribution < 1.29 is 49.0 Å². The number of anilines is 1. The van der Waals surface area contributed by atoms with E-state index in [0.29, 0.717) is 35.4 Å². The summed E-state index contributed by atoms with van der Waals surface area (Å²) in [7, 11) is 6.36. The Kier molecular flexibility index (Phi) is 19.8. The Morgan fingerprint density at radius 1 is 0.443 bits per heavy atom. The molecule has 0 amide bonds. The first-order valence-corrected chi connectivity index (χ1v) is 28.4. The molecule has 1 aliphatic heterocycles. The van der Waals surface area contributed by atoms with Crippen LogP contribution in [0.2, 0.25) is 0 Å². The molecule has 12 aromatic rings. The number of rotatable bonds is 13. The predicted molar refractivity (Wildman–Crippen MR) is 345 cm³/mol. The van der Waals surface area contributed by atoms with E-state index in [2.05, 4.69) is 34.2 Å². The number of pyridine rings is 4. The second-order valence-corrected chi connectivity index (χ2v) is 20.4. The van der Waals surface area contributed by atoms with Crippen LogP contribution in [-0.4, -0.2) is 63.8 Å². The molecule has 0 bridgehead atoms. The molecule has 15 nitrogen and oxygen atoms in total. The molecular weight excluding hydrogens is 1100 g/mol. The maximum absolute atomic E-state index is 12.0. The molecule has 7 N–H and O–H groups in total. The van der Waals surface area contributed by atoms with Crippen molar-refractivity contribution in [2.24, 2.45) is 0 Å². The molecular formula is C73H67N6O9+. The number of hydrogen-bond donors (Lipinski definition) is 6. The minimum absolute atomic E-state index is 0.0460. The first-order chi connectivity index (χ1) is 43.1. The summed E-state index contributed by atoms with van der Waals surface area (Å²) in [5.74, 6) is 3.86. The van der Waals surface area contributed by atoms with Crippen molar-refractivity contribution in [3.63, 3.8) is 0 Å². The van der Waals surface area contributed by atoms with Gasteiger partial charge < -0.3 is 55.4 Å². The monoisotopic (exact) mass is 1170 g/mol. The summed E-state index contributed by atoms with van der Waals surface area (Å²) in [5, 5.41) is 56.2. The fraction of sp³-hybridized carbons (Fsp3) is 0.123. The van der Waals surface area contributed by atoms with Gasteiger partial charge in [-0.25, -0.2) is 9.55 Å². The van der Waals surface area contributed by atoms with Crippen molar-refractivity contribution in [3.8, 4) is 62.2 Å². The van der Waals surface area contributed by atoms with Crippen LogP contribution in [0.1, 0.15) is 38.9 Å². The van der Waals surface area contributed by atoms with Gasteiger partial charge in [-0.1, -0.05) is 127 Å². The fourth-order valence-electron chi connectivity index (χ4n) is 10.8. The van der Waals surface area contributed by atoms with Gasteiger partial charge in [0.1, 0.15) is 47.8 Å². The number of hydroxylamine groups is 2. The number of benzene rings is 8. The Hall–Kier alpha value is -10.4. The van der Waals surface area contributed by atoms with E-state index >= 15 is 0 Å². The lowest BCUT2D eigenvalue weighted by atomic mass is 9.90. The largest absolute Gasteiger partial charge is 0.629 e. The highest BCUT2D eigenvalue weighted by molar-refractivity contribution is 6.03. The second kappa shape index (κ2) is 28.7. The van der Waals surface area contributed by atoms with Gasteiger partial charge in [0.05, 0.1) is 72.6 Å². The van der Waals surface area contributed by atoms with Crippen LogP contribution in [0.3, 0.4) is 0 Å². The minimum Gasteiger partial charge on any atom is -0.629 e. The van der Waals surface area contributed by atoms with Crippen molar-refractivity contribution in [1.82, 2.24) is 15.0 Å². The van der Waals surface area contributed by atoms with E-state index in [1.165, 1.54) is 0 Å². The number of quaternary nitrogens is 1. The number of aliphatic hydroxyl groups is 4. The first kappa shape index (κ1) is 60.8. The van der Waals surface area contributed by atoms with Crippen LogP contribution >= 0.6 is 0 Å². The number of aromatic nitrogens is 4. The number of nitrogens with one attached hydrogen (secondary N) is 1. The minimum atomic E-state index is -0.0908. The Morgan fingerprint density at radius 3 is 1.38 bits per heavy atom. The van der Waals surface area contributed by atoms with Gasteiger partial charge in [-0.3, -0.25) is 4.98 Å². The highest BCUT2D eigenvalue weighted by Gasteiger charge is 2.23. The number of nitrogen functional groups attached to an aromatic ring is 1. The van der Waals surface area contributed by atoms with E-state index < -0.39 is 0 Å². The van der Waals surface area contributed by atoms with E-state index in [1.807, 2.05) is 199 Å². The third-order valence-corrected chi connectivity index (χ3v) is 15.2. The van der Waals surface area contributed by atoms with Crippen LogP contribution < -0.4 is 34.3 Å². The molecule has 4 aromatic heterocycles. The molecule has 13 rings (SSSR count). The van der Waals surface area contributed by atoms with E-state index in [0.717, 1.165) is 116 Å². The van der Waals surface area contributed by atoms with Gasteiger partial charge in [0.2, 0.25) is 0 Å². The average Bonchev–Trinajstić information content (AvgIpc) is 1.33. The summed E-state index contributed by atoms with van der Waals surface area (Å²) in [6, 6.07) is 61.3. The smallest absolute Gasteiger partial charge is 0.335 e. The highest BCUT2D eigenvalue weighted by Crippen LogP contribution is 2.38. The number of methoxy groups -OCH3 is 4. The van der Waals surface area contributed by atoms with Gasteiger partial charge in [-0.2, -0.15) is 0 Å². The van der Waals surface area contributed by atoms with Gasteiger partial charge >= 0.3 is 5.82 Å². The number of fused-ring (bicyclic) bond motifs is 4. The van der Waals surface area contributed by atoms with Gasteiger partial charge in [-0.05, 0) is 104 Å². The third kappa shape index (κ3) is 13.4. The number of hydrogen-bond acceptors (Lipinski definition) is 13. The number of nitrogens with two attached hydrogens (primary N) is 1. The molecule has 0 saturated heterocycles. The molecule has 1 aliphatic rings. The predicted octanol–water partition coefficient (Wildman–Crippen LogP) is 11.5. The Morgan fingerprint density at radius 2 is 0.864 bits per heavy atom. The van der Waals surface area contributed by atoms with E-state index in [-0.39, 0.29) is 31.5 Å². The highest BCUT2D eigenvalue weighted by atomic mass is 16.5. The van der Waals surface area contributed by atoms with Crippen LogP contribution in [-0.2, 0) is 33.0 Å². The molecule has 8 aromatic carbocycles. The van der Waals surface area contributed by atoms with Crippen molar-refractivity contribution in [3.05, 3.63) is 276 Å². The molecule has 442 valence electrons. The van der Waals surface area contributed by atoms with Crippen LogP contribution in [0.5, 0.6) is 23.0 Å². The standard InChI is InChI=1S/C22H19N2O2.C17H16N2O2.C17H17NO3.C17H15NO2/c1-26-21-13-19-18(12-17(21)15-25)20(16-8-4-2-5-9-16)14-23-22(19)24-10-6-3-7-11-24;1-21-16-8-14-13(7-12(16)10-20)15(9-19-17(14)18)11-5-3-2-4-6-11;1-21-17-8-13-9-18(20)10-16(12-5-3-2-4-6-12)15(13)7-14(17)11-19;1-20-17-8-13-9-18-10-16(12-5-3-2-4-6-12)15(13)7-14(17)11-19/h2-14,25H,15H2,1H3;2-9,20H,10H2,1H3,(H2,18,19);2-8,10,18-19H,9,11H2,1H3;2-10,19H,11H2,1H3/q+1;;;. The zero-order valence-electron chi connectivity index (χ0n) is 49.2. The van der Waals surface area contributed by atoms with Gasteiger partial charge in [0.15, 0.2) is 0 Å². The van der Waals surface area contributed by atoms with Crippen LogP contribution in [0, 0.1) is 5.21 Å². The lowest BCUT2D eigenvalue weighted by molar-refractivity contribution is -0.806. The summed E-state index contributed by atoms with van der Waals surface area (Å²) in [4.78, 5) is 13.3. The molecule has 0 aliphatic carbocycles. The van der Waals surface area contributed by atoms with E-state index in [1.54, 1.807) is 40.8 Å². The maximum atomic E-state index is 12.0. The lowest BCUT2D eigenvalue weighted by Crippen LogP contribution is -3.01. The number of aliphatic hydroxyl groups excluding tert-OH is 4. The Bertz CT molecular complexity index is 4280. The molecule has 15 heteroatoms. The lowest BCUT2D eigenvalue weighted by Gasteiger charge is -2.27. The third-order valence-electron chi connectivity index (χ3n) is 15.2. The Balaban J connectivity index is 0.000000130. The maximum Gasteiger partial charge on any atom is 0.335 e. The van der Waals surface area contributed by atoms with Crippen LogP contribution in [0.25, 0.3) is 77.1 Å². The molecule has 0 saturated carbocycles. The van der Waals surface area contributed by atoms with Crippen molar-refractivity contribution in [1.29, 1.82) is 0 Å². The van der Waals surface area contributed by atoms with E-state index in [4.69, 9.17) is 29.7 Å². The van der Waals surface area contributed by atoms with Crippen LogP contribution in [0.4, 0.5) is 5.82 Å². The van der Waals surface area contributed by atoms with Gasteiger partial charge in [-0.15, -0.1) is 0 Å². The quantitative estimate of drug-likeness (QED) is 0.0469. The zero-order chi connectivity index (χ0) is 61.5. The summed E-state index contributed by atoms with van der Waals surface area (Å²) in [5.41, 5.74) is 19.1. The molecule has 1 unspecified atom stereocenters. The molecule has 88 heavy (non-hydrogen) atoms. The summed E-state index contributed by atoms with van der Waals surface area (Å²) >= 11 is 0. The molecule has 0 fully saturated rings. The summed E-state index contributed by atoms with van der Waals surface area (Å²) in [6.07, 6.45) is 12.9. The normalized spacial score (nSPS) is 12.3. The SMILES string of the molecule is COc1cc2c(-[n+]3ccccc3)ncc(-c3ccccc3)c2cc1CO.COc1cc2c(N)ncc(-c3ccccc3)c2cc1CO.COc1cc2c(cc1CO)C(c1ccccc1)=C[NH+]([O-])C2.COc1cc2cncc(-c3ccccc3)c2cc1CO. The summed E-state index contributed by atoms with van der Waals surface area (Å²) in [6.45, 7) is 0.0644. The van der Waals surface area contributed by atoms with Crippen molar-refractivity contribution in [2.75, 3.05) is 34.2 Å². The Labute approximate surface area is 510 Å². The average molecular weight is 1170 g/mol. The topological polar surface area (TPSA) is 214 Å². The van der Waals surface area contributed by atoms with Gasteiger partial charge in [0.25, 0.3) is 0 Å². The molecule has 1 atom stereocenters. The van der Waals surface area contributed by atoms with Gasteiger partial charge in [0, 0.05) is 84.8 Å². The molecule has 0 spiro atoms. The fourth-order valence-corrected chi connectivity index (χ4v) is 10.8. The van der Waals surface area contributed by atoms with E-state index in [9.17, 15) is 25.6 Å². The summed E-state index contributed by atoms with van der Waals surface area (Å²) < 4.78 is 23.4. The van der Waals surface area contributed by atoms with Crippen molar-refractivity contribution in [2.45, 2.75) is 33.0 Å². The van der Waals surface area contributed by atoms with Crippen molar-refractivity contribution >= 4 is 43.7 Å². The zero-order valence-corrected chi connectivity index (χ0v) is 49.2. The molecule has 0 radical (unpaired) electrons. The first-order valence-electron chi connectivity index (χ1n) is 28.4. The molecule has 5 heterocycles. The second-order valence-electron chi connectivity index (χ2n) is 20.4. The number of nitrogens with zero attached hydrogens (tertiary/aromatic N) is 4. The van der Waals surface area contributed by atoms with Crippen LogP contribution in [0.15, 0.2) is 231 Å².